The molecule has 1 saturated heterocycles. The van der Waals surface area contributed by atoms with Crippen LogP contribution in [0.2, 0.25) is 0 Å². The van der Waals surface area contributed by atoms with Crippen LogP contribution in [0.1, 0.15) is 44.6 Å². The first-order valence-corrected chi connectivity index (χ1v) is 9.44. The zero-order valence-electron chi connectivity index (χ0n) is 15.6. The smallest absolute Gasteiger partial charge is 0.191 e. The summed E-state index contributed by atoms with van der Waals surface area (Å²) >= 11 is 0. The molecule has 1 aromatic carbocycles. The first-order chi connectivity index (χ1) is 11.7. The minimum Gasteiger partial charge on any atom is -0.356 e. The van der Waals surface area contributed by atoms with Gasteiger partial charge in [-0.15, -0.1) is 0 Å². The summed E-state index contributed by atoms with van der Waals surface area (Å²) in [6.07, 6.45) is 3.86. The van der Waals surface area contributed by atoms with Gasteiger partial charge in [-0.05, 0) is 56.3 Å². The monoisotopic (exact) mass is 330 g/mol. The summed E-state index contributed by atoms with van der Waals surface area (Å²) < 4.78 is 0. The van der Waals surface area contributed by atoms with Crippen molar-refractivity contribution >= 4 is 5.96 Å². The van der Waals surface area contributed by atoms with Crippen LogP contribution in [0.25, 0.3) is 0 Å². The Morgan fingerprint density at radius 3 is 2.54 bits per heavy atom. The van der Waals surface area contributed by atoms with E-state index < -0.39 is 0 Å². The van der Waals surface area contributed by atoms with Gasteiger partial charge >= 0.3 is 0 Å². The maximum atomic E-state index is 4.37. The third-order valence-electron chi connectivity index (χ3n) is 4.97. The number of nitrogens with zero attached hydrogens (tertiary/aromatic N) is 2. The molecule has 0 aliphatic carbocycles. The van der Waals surface area contributed by atoms with E-state index in [4.69, 9.17) is 0 Å². The Morgan fingerprint density at radius 2 is 1.92 bits per heavy atom. The quantitative estimate of drug-likeness (QED) is 0.596. The van der Waals surface area contributed by atoms with Crippen molar-refractivity contribution in [2.45, 2.75) is 39.0 Å². The van der Waals surface area contributed by atoms with Crippen LogP contribution in [-0.4, -0.2) is 50.6 Å². The standard InChI is InChI=1S/C20H34N4/c1-4-12-24-13-10-18(11-14-24)16-23-20(21-3)22-15-17(2)19-8-6-5-7-9-19/h5-9,17-18H,4,10-16H2,1-3H3,(H2,21,22,23). The highest BCUT2D eigenvalue weighted by Crippen LogP contribution is 2.16. The molecule has 0 aromatic heterocycles. The number of nitrogens with one attached hydrogen (secondary N) is 2. The second-order valence-electron chi connectivity index (χ2n) is 6.93. The van der Waals surface area contributed by atoms with Crippen LogP contribution < -0.4 is 10.6 Å². The van der Waals surface area contributed by atoms with E-state index in [-0.39, 0.29) is 0 Å². The molecule has 0 amide bonds. The van der Waals surface area contributed by atoms with Crippen LogP contribution >= 0.6 is 0 Å². The molecular formula is C20H34N4. The Labute approximate surface area is 147 Å². The first-order valence-electron chi connectivity index (χ1n) is 9.44. The van der Waals surface area contributed by atoms with E-state index >= 15 is 0 Å². The van der Waals surface area contributed by atoms with Gasteiger partial charge in [-0.25, -0.2) is 0 Å². The van der Waals surface area contributed by atoms with Crippen LogP contribution in [0.5, 0.6) is 0 Å². The molecule has 2 rings (SSSR count). The molecule has 1 atom stereocenters. The Bertz CT molecular complexity index is 478. The van der Waals surface area contributed by atoms with E-state index in [1.54, 1.807) is 0 Å². The normalized spacial score (nSPS) is 18.4. The molecule has 24 heavy (non-hydrogen) atoms. The van der Waals surface area contributed by atoms with E-state index in [0.29, 0.717) is 5.92 Å². The van der Waals surface area contributed by atoms with Gasteiger partial charge in [-0.2, -0.15) is 0 Å². The highest BCUT2D eigenvalue weighted by molar-refractivity contribution is 5.79. The molecule has 4 nitrogen and oxygen atoms in total. The Balaban J connectivity index is 1.68. The lowest BCUT2D eigenvalue weighted by atomic mass is 9.97. The molecule has 0 radical (unpaired) electrons. The largest absolute Gasteiger partial charge is 0.356 e. The maximum Gasteiger partial charge on any atom is 0.191 e. The number of likely N-dealkylation sites (tertiary alicyclic amines) is 1. The second kappa shape index (κ2) is 10.3. The number of piperidine rings is 1. The third-order valence-corrected chi connectivity index (χ3v) is 4.97. The van der Waals surface area contributed by atoms with Crippen molar-refractivity contribution in [2.75, 3.05) is 39.8 Å². The number of rotatable bonds is 7. The Morgan fingerprint density at radius 1 is 1.21 bits per heavy atom. The summed E-state index contributed by atoms with van der Waals surface area (Å²) in [7, 11) is 1.85. The molecule has 1 aliphatic heterocycles. The highest BCUT2D eigenvalue weighted by Gasteiger charge is 2.18. The van der Waals surface area contributed by atoms with Gasteiger partial charge in [0.1, 0.15) is 0 Å². The number of hydrogen-bond acceptors (Lipinski definition) is 2. The molecule has 0 saturated carbocycles. The molecule has 4 heteroatoms. The predicted octanol–water partition coefficient (Wildman–Crippen LogP) is 3.08. The lowest BCUT2D eigenvalue weighted by Crippen LogP contribution is -2.43. The van der Waals surface area contributed by atoms with Crippen molar-refractivity contribution in [2.24, 2.45) is 10.9 Å². The summed E-state index contributed by atoms with van der Waals surface area (Å²) in [5.74, 6) is 2.17. The van der Waals surface area contributed by atoms with E-state index in [2.05, 4.69) is 64.7 Å². The minimum absolute atomic E-state index is 0.474. The van der Waals surface area contributed by atoms with Gasteiger partial charge < -0.3 is 15.5 Å². The van der Waals surface area contributed by atoms with Gasteiger partial charge in [0.25, 0.3) is 0 Å². The van der Waals surface area contributed by atoms with Crippen LogP contribution in [-0.2, 0) is 0 Å². The van der Waals surface area contributed by atoms with E-state index in [9.17, 15) is 0 Å². The van der Waals surface area contributed by atoms with Gasteiger partial charge in [-0.3, -0.25) is 4.99 Å². The summed E-state index contributed by atoms with van der Waals surface area (Å²) in [5, 5.41) is 6.98. The molecule has 0 bridgehead atoms. The molecule has 1 fully saturated rings. The van der Waals surface area contributed by atoms with Gasteiger partial charge in [0, 0.05) is 20.1 Å². The fraction of sp³-hybridized carbons (Fsp3) is 0.650. The van der Waals surface area contributed by atoms with Crippen molar-refractivity contribution in [1.82, 2.24) is 15.5 Å². The van der Waals surface area contributed by atoms with Crippen LogP contribution in [0.3, 0.4) is 0 Å². The Hall–Kier alpha value is -1.55. The van der Waals surface area contributed by atoms with Gasteiger partial charge in [0.2, 0.25) is 0 Å². The second-order valence-corrected chi connectivity index (χ2v) is 6.93. The SMILES string of the molecule is CCCN1CCC(CNC(=NC)NCC(C)c2ccccc2)CC1. The van der Waals surface area contributed by atoms with Crippen molar-refractivity contribution in [3.8, 4) is 0 Å². The molecule has 1 heterocycles. The average Bonchev–Trinajstić information content (AvgIpc) is 2.64. The van der Waals surface area contributed by atoms with Crippen LogP contribution in [0.15, 0.2) is 35.3 Å². The van der Waals surface area contributed by atoms with E-state index in [1.807, 2.05) is 7.05 Å². The van der Waals surface area contributed by atoms with Crippen molar-refractivity contribution in [3.63, 3.8) is 0 Å². The van der Waals surface area contributed by atoms with Crippen LogP contribution in [0, 0.1) is 5.92 Å². The van der Waals surface area contributed by atoms with E-state index in [1.165, 1.54) is 44.5 Å². The topological polar surface area (TPSA) is 39.7 Å². The molecule has 2 N–H and O–H groups in total. The predicted molar refractivity (Wildman–Crippen MR) is 104 cm³/mol. The van der Waals surface area contributed by atoms with Crippen molar-refractivity contribution < 1.29 is 0 Å². The molecule has 1 aromatic rings. The summed E-state index contributed by atoms with van der Waals surface area (Å²) in [6, 6.07) is 10.6. The minimum atomic E-state index is 0.474. The molecule has 1 aliphatic rings. The van der Waals surface area contributed by atoms with Gasteiger partial charge in [0.05, 0.1) is 0 Å². The molecule has 1 unspecified atom stereocenters. The van der Waals surface area contributed by atoms with Crippen molar-refractivity contribution in [1.29, 1.82) is 0 Å². The zero-order chi connectivity index (χ0) is 17.2. The lowest BCUT2D eigenvalue weighted by molar-refractivity contribution is 0.185. The van der Waals surface area contributed by atoms with E-state index in [0.717, 1.165) is 25.0 Å². The first kappa shape index (κ1) is 18.8. The highest BCUT2D eigenvalue weighted by atomic mass is 15.2. The van der Waals surface area contributed by atoms with Gasteiger partial charge in [0.15, 0.2) is 5.96 Å². The lowest BCUT2D eigenvalue weighted by Gasteiger charge is -2.32. The van der Waals surface area contributed by atoms with Crippen LogP contribution in [0.4, 0.5) is 0 Å². The molecular weight excluding hydrogens is 296 g/mol. The fourth-order valence-electron chi connectivity index (χ4n) is 3.34. The van der Waals surface area contributed by atoms with Crippen molar-refractivity contribution in [3.05, 3.63) is 35.9 Å². The summed E-state index contributed by atoms with van der Waals surface area (Å²) in [6.45, 7) is 10.2. The summed E-state index contributed by atoms with van der Waals surface area (Å²) in [5.41, 5.74) is 1.36. The Kier molecular flexibility index (Phi) is 8.10. The fourth-order valence-corrected chi connectivity index (χ4v) is 3.34. The third kappa shape index (κ3) is 6.16. The average molecular weight is 331 g/mol. The zero-order valence-corrected chi connectivity index (χ0v) is 15.6. The van der Waals surface area contributed by atoms with Gasteiger partial charge in [-0.1, -0.05) is 44.2 Å². The number of aliphatic imine (C=N–C) groups is 1. The number of benzene rings is 1. The number of hydrogen-bond donors (Lipinski definition) is 2. The molecule has 134 valence electrons. The summed E-state index contributed by atoms with van der Waals surface area (Å²) in [4.78, 5) is 6.95. The molecule has 0 spiro atoms. The maximum absolute atomic E-state index is 4.37. The number of guanidine groups is 1.